The summed E-state index contributed by atoms with van der Waals surface area (Å²) in [6, 6.07) is 0. The van der Waals surface area contributed by atoms with E-state index in [0.29, 0.717) is 18.9 Å². The summed E-state index contributed by atoms with van der Waals surface area (Å²) in [5, 5.41) is 20.1. The fourth-order valence-corrected chi connectivity index (χ4v) is 6.87. The summed E-state index contributed by atoms with van der Waals surface area (Å²) in [4.78, 5) is 14.6. The SMILES string of the molecule is CCN(CC)CCCC(=O)OCC12CC3CC(CO)(CC(CO)(C3)C1)C2. The zero-order chi connectivity index (χ0) is 18.8. The standard InChI is InChI=1S/C21H37NO4/c1-3-22(4-2)7-5-6-18(25)26-16-21-10-17-8-19(12-21,14-23)11-20(9-17,13-21)15-24/h17,23-24H,3-16H2,1-2H3. The minimum atomic E-state index is -0.0935. The van der Waals surface area contributed by atoms with Crippen LogP contribution in [0.15, 0.2) is 0 Å². The van der Waals surface area contributed by atoms with Crippen molar-refractivity contribution in [3.8, 4) is 0 Å². The van der Waals surface area contributed by atoms with E-state index in [1.807, 2.05) is 0 Å². The highest BCUT2D eigenvalue weighted by Gasteiger charge is 2.63. The van der Waals surface area contributed by atoms with Gasteiger partial charge >= 0.3 is 5.97 Å². The van der Waals surface area contributed by atoms with Gasteiger partial charge in [-0.1, -0.05) is 13.8 Å². The Labute approximate surface area is 158 Å². The molecule has 4 bridgehead atoms. The molecule has 5 heteroatoms. The molecule has 2 N–H and O–H groups in total. The van der Waals surface area contributed by atoms with Crippen molar-refractivity contribution >= 4 is 5.97 Å². The van der Waals surface area contributed by atoms with Gasteiger partial charge in [-0.25, -0.2) is 0 Å². The van der Waals surface area contributed by atoms with Crippen LogP contribution >= 0.6 is 0 Å². The Morgan fingerprint density at radius 2 is 1.54 bits per heavy atom. The van der Waals surface area contributed by atoms with Gasteiger partial charge in [-0.2, -0.15) is 0 Å². The maximum absolute atomic E-state index is 12.3. The van der Waals surface area contributed by atoms with E-state index in [1.165, 1.54) is 0 Å². The molecule has 150 valence electrons. The Hall–Kier alpha value is -0.650. The van der Waals surface area contributed by atoms with Crippen molar-refractivity contribution in [2.75, 3.05) is 39.5 Å². The second-order valence-corrected chi connectivity index (χ2v) is 9.62. The lowest BCUT2D eigenvalue weighted by Crippen LogP contribution is -2.60. The Morgan fingerprint density at radius 3 is 2.08 bits per heavy atom. The van der Waals surface area contributed by atoms with Crippen LogP contribution in [0.3, 0.4) is 0 Å². The first-order valence-electron chi connectivity index (χ1n) is 10.5. The highest BCUT2D eigenvalue weighted by atomic mass is 16.5. The molecule has 26 heavy (non-hydrogen) atoms. The van der Waals surface area contributed by atoms with Crippen molar-refractivity contribution < 1.29 is 19.7 Å². The molecule has 0 heterocycles. The first-order valence-corrected chi connectivity index (χ1v) is 10.5. The highest BCUT2D eigenvalue weighted by molar-refractivity contribution is 5.69. The van der Waals surface area contributed by atoms with Gasteiger partial charge in [-0.15, -0.1) is 0 Å². The molecule has 0 amide bonds. The van der Waals surface area contributed by atoms with Crippen LogP contribution in [0.5, 0.6) is 0 Å². The topological polar surface area (TPSA) is 70.0 Å². The molecular weight excluding hydrogens is 330 g/mol. The lowest BCUT2D eigenvalue weighted by Gasteiger charge is -2.65. The van der Waals surface area contributed by atoms with Crippen LogP contribution < -0.4 is 0 Å². The van der Waals surface area contributed by atoms with Crippen LogP contribution in [0.2, 0.25) is 0 Å². The summed E-state index contributed by atoms with van der Waals surface area (Å²) in [5.74, 6) is 0.468. The second kappa shape index (κ2) is 7.76. The van der Waals surface area contributed by atoms with E-state index >= 15 is 0 Å². The molecular formula is C21H37NO4. The average Bonchev–Trinajstić information content (AvgIpc) is 2.63. The Balaban J connectivity index is 1.55. The van der Waals surface area contributed by atoms with Gasteiger partial charge in [0, 0.05) is 25.0 Å². The van der Waals surface area contributed by atoms with Crippen LogP contribution in [-0.2, 0) is 9.53 Å². The summed E-state index contributed by atoms with van der Waals surface area (Å²) in [7, 11) is 0. The molecule has 0 aromatic carbocycles. The largest absolute Gasteiger partial charge is 0.465 e. The molecule has 0 radical (unpaired) electrons. The van der Waals surface area contributed by atoms with Crippen LogP contribution in [0.1, 0.15) is 65.2 Å². The molecule has 0 saturated heterocycles. The molecule has 2 atom stereocenters. The maximum atomic E-state index is 12.3. The van der Waals surface area contributed by atoms with Crippen molar-refractivity contribution in [2.45, 2.75) is 65.2 Å². The van der Waals surface area contributed by atoms with E-state index < -0.39 is 0 Å². The molecule has 4 aliphatic carbocycles. The van der Waals surface area contributed by atoms with E-state index in [1.54, 1.807) is 0 Å². The molecule has 0 aliphatic heterocycles. The number of carbonyl (C=O) groups excluding carboxylic acids is 1. The molecule has 4 saturated carbocycles. The monoisotopic (exact) mass is 367 g/mol. The third-order valence-corrected chi connectivity index (χ3v) is 7.37. The van der Waals surface area contributed by atoms with E-state index in [9.17, 15) is 15.0 Å². The van der Waals surface area contributed by atoms with E-state index in [0.717, 1.165) is 64.6 Å². The summed E-state index contributed by atoms with van der Waals surface area (Å²) in [6.45, 7) is 8.13. The van der Waals surface area contributed by atoms with Crippen molar-refractivity contribution in [3.05, 3.63) is 0 Å². The van der Waals surface area contributed by atoms with E-state index in [4.69, 9.17) is 4.74 Å². The zero-order valence-electron chi connectivity index (χ0n) is 16.6. The Kier molecular flexibility index (Phi) is 6.00. The number of esters is 1. The third-order valence-electron chi connectivity index (χ3n) is 7.37. The number of aliphatic hydroxyl groups is 2. The van der Waals surface area contributed by atoms with Gasteiger partial charge < -0.3 is 19.8 Å². The van der Waals surface area contributed by atoms with Crippen LogP contribution in [0, 0.1) is 22.2 Å². The number of nitrogens with zero attached hydrogens (tertiary/aromatic N) is 1. The van der Waals surface area contributed by atoms with Gasteiger partial charge in [0.2, 0.25) is 0 Å². The Bertz CT molecular complexity index is 484. The summed E-state index contributed by atoms with van der Waals surface area (Å²) >= 11 is 0. The fraction of sp³-hybridized carbons (Fsp3) is 0.952. The smallest absolute Gasteiger partial charge is 0.305 e. The van der Waals surface area contributed by atoms with Gasteiger partial charge in [0.05, 0.1) is 6.61 Å². The predicted molar refractivity (Wildman–Crippen MR) is 101 cm³/mol. The van der Waals surface area contributed by atoms with E-state index in [2.05, 4.69) is 18.7 Å². The minimum Gasteiger partial charge on any atom is -0.465 e. The molecule has 4 aliphatic rings. The average molecular weight is 368 g/mol. The minimum absolute atomic E-state index is 0.0284. The van der Waals surface area contributed by atoms with Crippen LogP contribution in [-0.4, -0.2) is 60.5 Å². The summed E-state index contributed by atoms with van der Waals surface area (Å²) < 4.78 is 5.73. The molecule has 0 spiro atoms. The predicted octanol–water partition coefficient (Wildman–Crippen LogP) is 2.59. The normalized spacial score (nSPS) is 38.1. The number of rotatable bonds is 10. The van der Waals surface area contributed by atoms with Crippen molar-refractivity contribution in [2.24, 2.45) is 22.2 Å². The van der Waals surface area contributed by atoms with Gasteiger partial charge in [-0.3, -0.25) is 4.79 Å². The molecule has 4 rings (SSSR count). The van der Waals surface area contributed by atoms with Gasteiger partial charge in [0.1, 0.15) is 0 Å². The lowest BCUT2D eigenvalue weighted by atomic mass is 9.40. The van der Waals surface area contributed by atoms with Crippen LogP contribution in [0.4, 0.5) is 0 Å². The van der Waals surface area contributed by atoms with Crippen LogP contribution in [0.25, 0.3) is 0 Å². The van der Waals surface area contributed by atoms with Gasteiger partial charge in [0.25, 0.3) is 0 Å². The summed E-state index contributed by atoms with van der Waals surface area (Å²) in [5.41, 5.74) is -0.145. The number of carbonyl (C=O) groups is 1. The Morgan fingerprint density at radius 1 is 1.00 bits per heavy atom. The lowest BCUT2D eigenvalue weighted by molar-refractivity contribution is -0.203. The first kappa shape index (κ1) is 20.1. The van der Waals surface area contributed by atoms with Gasteiger partial charge in [-0.05, 0) is 81.3 Å². The molecule has 4 fully saturated rings. The number of ether oxygens (including phenoxy) is 1. The van der Waals surface area contributed by atoms with Gasteiger partial charge in [0.15, 0.2) is 0 Å². The number of hydrogen-bond acceptors (Lipinski definition) is 5. The van der Waals surface area contributed by atoms with Crippen molar-refractivity contribution in [3.63, 3.8) is 0 Å². The number of aliphatic hydroxyl groups excluding tert-OH is 2. The quantitative estimate of drug-likeness (QED) is 0.581. The zero-order valence-corrected chi connectivity index (χ0v) is 16.6. The highest BCUT2D eigenvalue weighted by Crippen LogP contribution is 2.69. The number of hydrogen-bond donors (Lipinski definition) is 2. The maximum Gasteiger partial charge on any atom is 0.305 e. The summed E-state index contributed by atoms with van der Waals surface area (Å²) in [6.07, 6.45) is 7.38. The van der Waals surface area contributed by atoms with Crippen molar-refractivity contribution in [1.82, 2.24) is 4.90 Å². The second-order valence-electron chi connectivity index (χ2n) is 9.62. The molecule has 5 nitrogen and oxygen atoms in total. The molecule has 0 aromatic heterocycles. The molecule has 0 aromatic rings. The van der Waals surface area contributed by atoms with Crippen molar-refractivity contribution in [1.29, 1.82) is 0 Å². The third kappa shape index (κ3) is 3.95. The first-order chi connectivity index (χ1) is 12.4. The van der Waals surface area contributed by atoms with E-state index in [-0.39, 0.29) is 35.4 Å². The molecule has 2 unspecified atom stereocenters. The fourth-order valence-electron chi connectivity index (χ4n) is 6.87.